The second-order valence-corrected chi connectivity index (χ2v) is 6.76. The molecule has 27 heavy (non-hydrogen) atoms. The van der Waals surface area contributed by atoms with Gasteiger partial charge in [0.05, 0.1) is 20.1 Å². The lowest BCUT2D eigenvalue weighted by atomic mass is 10.1. The minimum Gasteiger partial charge on any atom is -0.497 e. The van der Waals surface area contributed by atoms with Crippen molar-refractivity contribution in [2.75, 3.05) is 39.9 Å². The summed E-state index contributed by atoms with van der Waals surface area (Å²) in [5, 5.41) is 0. The quantitative estimate of drug-likeness (QED) is 0.754. The lowest BCUT2D eigenvalue weighted by Crippen LogP contribution is -2.48. The Bertz CT molecular complexity index is 737. The van der Waals surface area contributed by atoms with Crippen LogP contribution < -0.4 is 9.47 Å². The molecule has 2 aromatic rings. The van der Waals surface area contributed by atoms with Crippen LogP contribution in [-0.4, -0.2) is 55.6 Å². The Kier molecular flexibility index (Phi) is 6.71. The summed E-state index contributed by atoms with van der Waals surface area (Å²) in [6.07, 6.45) is 0.447. The lowest BCUT2D eigenvalue weighted by Gasteiger charge is -2.35. The first-order valence-corrected chi connectivity index (χ1v) is 9.52. The van der Waals surface area contributed by atoms with Crippen molar-refractivity contribution in [3.05, 3.63) is 59.7 Å². The maximum Gasteiger partial charge on any atom is 0.227 e. The highest BCUT2D eigenvalue weighted by molar-refractivity contribution is 5.79. The number of methoxy groups -OCH3 is 1. The Morgan fingerprint density at radius 1 is 0.963 bits per heavy atom. The molecule has 0 saturated carbocycles. The summed E-state index contributed by atoms with van der Waals surface area (Å²) >= 11 is 0. The predicted octanol–water partition coefficient (Wildman–Crippen LogP) is 2.98. The van der Waals surface area contributed by atoms with Crippen molar-refractivity contribution in [3.63, 3.8) is 0 Å². The summed E-state index contributed by atoms with van der Waals surface area (Å²) in [7, 11) is 1.69. The standard InChI is InChI=1S/C22H28N2O3/c1-3-27-20-9-7-18(8-10-20)16-22(25)24-13-11-23(12-14-24)17-19-5-4-6-21(15-19)26-2/h4-10,15H,3,11-14,16-17H2,1-2H3. The zero-order valence-electron chi connectivity index (χ0n) is 16.2. The van der Waals surface area contributed by atoms with Crippen LogP contribution in [-0.2, 0) is 17.8 Å². The van der Waals surface area contributed by atoms with Gasteiger partial charge in [0.1, 0.15) is 11.5 Å². The first-order chi connectivity index (χ1) is 13.2. The molecule has 1 aliphatic rings. The number of ether oxygens (including phenoxy) is 2. The van der Waals surface area contributed by atoms with Gasteiger partial charge in [-0.15, -0.1) is 0 Å². The summed E-state index contributed by atoms with van der Waals surface area (Å²) in [5.41, 5.74) is 2.27. The number of carbonyl (C=O) groups excluding carboxylic acids is 1. The van der Waals surface area contributed by atoms with Crippen LogP contribution >= 0.6 is 0 Å². The molecule has 2 aromatic carbocycles. The van der Waals surface area contributed by atoms with E-state index in [-0.39, 0.29) is 5.91 Å². The molecule has 0 aromatic heterocycles. The SMILES string of the molecule is CCOc1ccc(CC(=O)N2CCN(Cc3cccc(OC)c3)CC2)cc1. The highest BCUT2D eigenvalue weighted by Gasteiger charge is 2.21. The summed E-state index contributed by atoms with van der Waals surface area (Å²) < 4.78 is 10.7. The minimum absolute atomic E-state index is 0.195. The first-order valence-electron chi connectivity index (χ1n) is 9.52. The van der Waals surface area contributed by atoms with Crippen molar-refractivity contribution in [2.24, 2.45) is 0 Å². The molecule has 0 bridgehead atoms. The van der Waals surface area contributed by atoms with Gasteiger partial charge in [-0.25, -0.2) is 0 Å². The van der Waals surface area contributed by atoms with Crippen LogP contribution in [0.1, 0.15) is 18.1 Å². The largest absolute Gasteiger partial charge is 0.497 e. The average molecular weight is 368 g/mol. The maximum atomic E-state index is 12.6. The van der Waals surface area contributed by atoms with Crippen molar-refractivity contribution < 1.29 is 14.3 Å². The van der Waals surface area contributed by atoms with Gasteiger partial charge in [-0.3, -0.25) is 9.69 Å². The van der Waals surface area contributed by atoms with Crippen LogP contribution in [0.2, 0.25) is 0 Å². The highest BCUT2D eigenvalue weighted by Crippen LogP contribution is 2.16. The van der Waals surface area contributed by atoms with E-state index in [2.05, 4.69) is 17.0 Å². The van der Waals surface area contributed by atoms with Gasteiger partial charge in [-0.2, -0.15) is 0 Å². The van der Waals surface area contributed by atoms with E-state index in [0.717, 1.165) is 49.8 Å². The number of carbonyl (C=O) groups is 1. The maximum absolute atomic E-state index is 12.6. The van der Waals surface area contributed by atoms with Gasteiger partial charge in [0.15, 0.2) is 0 Å². The van der Waals surface area contributed by atoms with Crippen molar-refractivity contribution >= 4 is 5.91 Å². The molecule has 0 unspecified atom stereocenters. The number of hydrogen-bond acceptors (Lipinski definition) is 4. The van der Waals surface area contributed by atoms with Crippen LogP contribution in [0.4, 0.5) is 0 Å². The molecule has 3 rings (SSSR count). The number of rotatable bonds is 7. The van der Waals surface area contributed by atoms with E-state index in [4.69, 9.17) is 9.47 Å². The fourth-order valence-electron chi connectivity index (χ4n) is 3.34. The van der Waals surface area contributed by atoms with E-state index in [9.17, 15) is 4.79 Å². The van der Waals surface area contributed by atoms with Crippen LogP contribution in [0, 0.1) is 0 Å². The summed E-state index contributed by atoms with van der Waals surface area (Å²) in [6.45, 7) is 6.85. The third kappa shape index (κ3) is 5.47. The minimum atomic E-state index is 0.195. The molecule has 0 atom stereocenters. The molecule has 1 heterocycles. The number of hydrogen-bond donors (Lipinski definition) is 0. The Morgan fingerprint density at radius 3 is 2.37 bits per heavy atom. The monoisotopic (exact) mass is 368 g/mol. The summed E-state index contributed by atoms with van der Waals surface area (Å²) in [5.74, 6) is 1.93. The van der Waals surface area contributed by atoms with E-state index in [1.165, 1.54) is 5.56 Å². The van der Waals surface area contributed by atoms with Gasteiger partial charge in [0, 0.05) is 32.7 Å². The van der Waals surface area contributed by atoms with Gasteiger partial charge < -0.3 is 14.4 Å². The molecule has 1 saturated heterocycles. The molecule has 0 radical (unpaired) electrons. The molecule has 0 spiro atoms. The molecule has 0 N–H and O–H groups in total. The normalized spacial score (nSPS) is 14.8. The van der Waals surface area contributed by atoms with Crippen molar-refractivity contribution in [1.82, 2.24) is 9.80 Å². The molecule has 5 nitrogen and oxygen atoms in total. The average Bonchev–Trinajstić information content (AvgIpc) is 2.70. The smallest absolute Gasteiger partial charge is 0.227 e. The van der Waals surface area contributed by atoms with Crippen molar-refractivity contribution in [2.45, 2.75) is 19.9 Å². The van der Waals surface area contributed by atoms with Crippen LogP contribution in [0.15, 0.2) is 48.5 Å². The van der Waals surface area contributed by atoms with Gasteiger partial charge >= 0.3 is 0 Å². The molecular weight excluding hydrogens is 340 g/mol. The van der Waals surface area contributed by atoms with Gasteiger partial charge in [-0.05, 0) is 42.3 Å². The Morgan fingerprint density at radius 2 is 1.70 bits per heavy atom. The Labute approximate surface area is 161 Å². The van der Waals surface area contributed by atoms with Gasteiger partial charge in [0.25, 0.3) is 0 Å². The molecular formula is C22H28N2O3. The van der Waals surface area contributed by atoms with Crippen molar-refractivity contribution in [1.29, 1.82) is 0 Å². The number of nitrogens with zero attached hydrogens (tertiary/aromatic N) is 2. The van der Waals surface area contributed by atoms with Crippen LogP contribution in [0.3, 0.4) is 0 Å². The number of amides is 1. The molecule has 1 fully saturated rings. The second-order valence-electron chi connectivity index (χ2n) is 6.76. The fraction of sp³-hybridized carbons (Fsp3) is 0.409. The zero-order chi connectivity index (χ0) is 19.1. The van der Waals surface area contributed by atoms with E-state index in [1.54, 1.807) is 7.11 Å². The topological polar surface area (TPSA) is 42.0 Å². The van der Waals surface area contributed by atoms with E-state index in [0.29, 0.717) is 13.0 Å². The summed E-state index contributed by atoms with van der Waals surface area (Å²) in [4.78, 5) is 16.9. The molecule has 5 heteroatoms. The zero-order valence-corrected chi connectivity index (χ0v) is 16.2. The highest BCUT2D eigenvalue weighted by atomic mass is 16.5. The Hall–Kier alpha value is -2.53. The third-order valence-electron chi connectivity index (χ3n) is 4.86. The van der Waals surface area contributed by atoms with Crippen LogP contribution in [0.25, 0.3) is 0 Å². The van der Waals surface area contributed by atoms with E-state index >= 15 is 0 Å². The summed E-state index contributed by atoms with van der Waals surface area (Å²) in [6, 6.07) is 16.0. The lowest BCUT2D eigenvalue weighted by molar-refractivity contribution is -0.132. The number of piperazine rings is 1. The number of benzene rings is 2. The van der Waals surface area contributed by atoms with Crippen LogP contribution in [0.5, 0.6) is 11.5 Å². The molecule has 1 amide bonds. The third-order valence-corrected chi connectivity index (χ3v) is 4.86. The van der Waals surface area contributed by atoms with Crippen molar-refractivity contribution in [3.8, 4) is 11.5 Å². The first kappa shape index (κ1) is 19.2. The van der Waals surface area contributed by atoms with E-state index < -0.39 is 0 Å². The second kappa shape index (κ2) is 9.42. The molecule has 144 valence electrons. The fourth-order valence-corrected chi connectivity index (χ4v) is 3.34. The van der Waals surface area contributed by atoms with E-state index in [1.807, 2.05) is 48.2 Å². The molecule has 1 aliphatic heterocycles. The predicted molar refractivity (Wildman–Crippen MR) is 106 cm³/mol. The Balaban J connectivity index is 1.47. The van der Waals surface area contributed by atoms with Gasteiger partial charge in [0.2, 0.25) is 5.91 Å². The molecule has 0 aliphatic carbocycles. The van der Waals surface area contributed by atoms with Gasteiger partial charge in [-0.1, -0.05) is 24.3 Å².